The average Bonchev–Trinajstić information content (AvgIpc) is 3.12. The van der Waals surface area contributed by atoms with E-state index >= 15 is 0 Å². The van der Waals surface area contributed by atoms with Crippen LogP contribution in [0.15, 0.2) is 66.7 Å². The Morgan fingerprint density at radius 2 is 1.61 bits per heavy atom. The summed E-state index contributed by atoms with van der Waals surface area (Å²) in [5.74, 6) is 1.07. The monoisotopic (exact) mass is 481 g/mol. The van der Waals surface area contributed by atoms with E-state index in [1.54, 1.807) is 36.4 Å². The molecule has 0 radical (unpaired) electrons. The van der Waals surface area contributed by atoms with E-state index in [1.165, 1.54) is 0 Å². The third kappa shape index (κ3) is 4.67. The Bertz CT molecular complexity index is 1210. The van der Waals surface area contributed by atoms with E-state index in [4.69, 9.17) is 4.74 Å². The topological polar surface area (TPSA) is 70.0 Å². The first-order chi connectivity index (χ1) is 14.9. The molecule has 0 spiro atoms. The van der Waals surface area contributed by atoms with Crippen molar-refractivity contribution in [2.45, 2.75) is 0 Å². The van der Waals surface area contributed by atoms with Crippen LogP contribution >= 0.6 is 0 Å². The van der Waals surface area contributed by atoms with Gasteiger partial charge < -0.3 is 0 Å². The number of phenolic OH excluding ortho intramolecular Hbond substituents is 2. The molecular weight excluding hydrogens is 457 g/mol. The molecule has 0 aliphatic rings. The number of ether oxygens (including phenoxy) is 1. The zero-order chi connectivity index (χ0) is 22.0. The minimum atomic E-state index is -0.237. The summed E-state index contributed by atoms with van der Waals surface area (Å²) in [5, 5.41) is 20.6. The Kier molecular flexibility index (Phi) is 6.14. The van der Waals surface area contributed by atoms with E-state index in [-0.39, 0.29) is 31.8 Å². The molecule has 1 heterocycles. The normalized spacial score (nSPS) is 11.2. The summed E-state index contributed by atoms with van der Waals surface area (Å²) in [4.78, 5) is 15.5. The molecule has 0 aliphatic carbocycles. The summed E-state index contributed by atoms with van der Waals surface area (Å²) in [6.07, 6.45) is 0. The third-order valence-electron chi connectivity index (χ3n) is 4.96. The van der Waals surface area contributed by atoms with E-state index < -0.39 is 0 Å². The molecule has 0 bridgehead atoms. The molecule has 4 aromatic rings. The number of carbonyl (C=O) groups is 1. The number of fused-ring (bicyclic) bond motifs is 1. The van der Waals surface area contributed by atoms with Crippen molar-refractivity contribution in [1.29, 1.82) is 0 Å². The first-order valence-corrected chi connectivity index (χ1v) is 11.6. The Morgan fingerprint density at radius 1 is 0.935 bits per heavy atom. The van der Waals surface area contributed by atoms with Crippen LogP contribution in [0, 0.1) is 0 Å². The molecule has 31 heavy (non-hydrogen) atoms. The first-order valence-electron chi connectivity index (χ1n) is 9.89. The molecule has 2 N–H and O–H groups in total. The Morgan fingerprint density at radius 3 is 2.29 bits per heavy atom. The summed E-state index contributed by atoms with van der Waals surface area (Å²) in [6, 6.07) is 19.4. The number of aromatic hydroxyl groups is 2. The standard InChI is InChI=1S/C25H23NO4Se/c1-26(2)13-14-30-20-10-5-17(6-11-20)24(29)25-23(16-3-7-18(27)8-4-16)21-12-9-19(28)15-22(21)31-25/h3-12,15,27-28H,13-14H2,1-2H3. The maximum absolute atomic E-state index is 13.5. The van der Waals surface area contributed by atoms with Crippen LogP contribution in [0.5, 0.6) is 17.2 Å². The molecule has 4 rings (SSSR count). The zero-order valence-electron chi connectivity index (χ0n) is 17.3. The van der Waals surface area contributed by atoms with Gasteiger partial charge in [0.25, 0.3) is 0 Å². The zero-order valence-corrected chi connectivity index (χ0v) is 19.0. The van der Waals surface area contributed by atoms with E-state index in [9.17, 15) is 15.0 Å². The summed E-state index contributed by atoms with van der Waals surface area (Å²) >= 11 is -0.237. The van der Waals surface area contributed by atoms with E-state index in [2.05, 4.69) is 0 Å². The molecule has 0 aliphatic heterocycles. The van der Waals surface area contributed by atoms with Gasteiger partial charge in [-0.1, -0.05) is 0 Å². The second kappa shape index (κ2) is 8.98. The van der Waals surface area contributed by atoms with Gasteiger partial charge in [-0.25, -0.2) is 0 Å². The second-order valence-electron chi connectivity index (χ2n) is 7.54. The van der Waals surface area contributed by atoms with Crippen molar-refractivity contribution >= 4 is 29.9 Å². The van der Waals surface area contributed by atoms with E-state index in [1.807, 2.05) is 49.3 Å². The van der Waals surface area contributed by atoms with Crippen LogP contribution in [0.3, 0.4) is 0 Å². The predicted molar refractivity (Wildman–Crippen MR) is 124 cm³/mol. The van der Waals surface area contributed by atoms with Gasteiger partial charge in [0.2, 0.25) is 0 Å². The van der Waals surface area contributed by atoms with Crippen molar-refractivity contribution in [3.8, 4) is 28.4 Å². The molecule has 0 saturated heterocycles. The van der Waals surface area contributed by atoms with Crippen molar-refractivity contribution in [2.75, 3.05) is 27.2 Å². The van der Waals surface area contributed by atoms with Crippen molar-refractivity contribution in [3.63, 3.8) is 0 Å². The number of benzene rings is 3. The fourth-order valence-corrected chi connectivity index (χ4v) is 5.90. The molecule has 0 fully saturated rings. The van der Waals surface area contributed by atoms with Gasteiger partial charge in [-0.15, -0.1) is 0 Å². The Hall–Kier alpha value is -3.05. The van der Waals surface area contributed by atoms with Gasteiger partial charge in [-0.2, -0.15) is 0 Å². The number of likely N-dealkylation sites (N-methyl/N-ethyl adjacent to an activating group) is 1. The third-order valence-corrected chi connectivity index (χ3v) is 7.38. The molecule has 0 unspecified atom stereocenters. The summed E-state index contributed by atoms with van der Waals surface area (Å²) in [7, 11) is 3.98. The van der Waals surface area contributed by atoms with Crippen LogP contribution < -0.4 is 4.74 Å². The second-order valence-corrected chi connectivity index (χ2v) is 9.75. The number of ketones is 1. The van der Waals surface area contributed by atoms with Gasteiger partial charge in [-0.05, 0) is 0 Å². The minimum absolute atomic E-state index is 0.0291. The van der Waals surface area contributed by atoms with E-state index in [0.717, 1.165) is 37.5 Å². The maximum atomic E-state index is 13.5. The number of phenols is 2. The van der Waals surface area contributed by atoms with Crippen molar-refractivity contribution in [3.05, 3.63) is 76.7 Å². The van der Waals surface area contributed by atoms with Crippen LogP contribution in [0.2, 0.25) is 0 Å². The number of nitrogens with zero attached hydrogens (tertiary/aromatic N) is 1. The van der Waals surface area contributed by atoms with Gasteiger partial charge in [0, 0.05) is 0 Å². The summed E-state index contributed by atoms with van der Waals surface area (Å²) in [5.41, 5.74) is 2.34. The van der Waals surface area contributed by atoms with Crippen molar-refractivity contribution in [2.24, 2.45) is 0 Å². The molecule has 0 atom stereocenters. The summed E-state index contributed by atoms with van der Waals surface area (Å²) < 4.78 is 7.44. The van der Waals surface area contributed by atoms with Crippen LogP contribution in [0.25, 0.3) is 20.8 Å². The molecule has 1 aromatic heterocycles. The van der Waals surface area contributed by atoms with Gasteiger partial charge >= 0.3 is 187 Å². The first kappa shape index (κ1) is 21.2. The molecule has 0 amide bonds. The van der Waals surface area contributed by atoms with Gasteiger partial charge in [0.1, 0.15) is 0 Å². The fraction of sp³-hybridized carbons (Fsp3) is 0.160. The number of hydrogen-bond acceptors (Lipinski definition) is 5. The van der Waals surface area contributed by atoms with Gasteiger partial charge in [0.05, 0.1) is 0 Å². The SMILES string of the molecule is CN(C)CCOc1ccc(C(=O)c2[se]c3cc(O)ccc3c2-c2ccc(O)cc2)cc1. The summed E-state index contributed by atoms with van der Waals surface area (Å²) in [6.45, 7) is 1.40. The molecular formula is C25H23NO4Se. The van der Waals surface area contributed by atoms with Crippen molar-refractivity contribution < 1.29 is 19.7 Å². The van der Waals surface area contributed by atoms with Crippen LogP contribution in [-0.2, 0) is 0 Å². The number of carbonyl (C=O) groups excluding carboxylic acids is 1. The average molecular weight is 480 g/mol. The molecule has 3 aromatic carbocycles. The van der Waals surface area contributed by atoms with Crippen LogP contribution in [0.1, 0.15) is 14.8 Å². The van der Waals surface area contributed by atoms with E-state index in [0.29, 0.717) is 12.2 Å². The number of hydrogen-bond donors (Lipinski definition) is 2. The van der Waals surface area contributed by atoms with Crippen molar-refractivity contribution in [1.82, 2.24) is 4.90 Å². The fourth-order valence-electron chi connectivity index (χ4n) is 3.34. The number of rotatable bonds is 7. The van der Waals surface area contributed by atoms with Gasteiger partial charge in [-0.3, -0.25) is 0 Å². The quantitative estimate of drug-likeness (QED) is 0.307. The molecule has 5 nitrogen and oxygen atoms in total. The van der Waals surface area contributed by atoms with Crippen LogP contribution in [0.4, 0.5) is 0 Å². The van der Waals surface area contributed by atoms with Crippen LogP contribution in [-0.4, -0.2) is 62.6 Å². The molecule has 158 valence electrons. The predicted octanol–water partition coefficient (Wildman–Crippen LogP) is 4.15. The molecule has 0 saturated carbocycles. The van der Waals surface area contributed by atoms with Gasteiger partial charge in [0.15, 0.2) is 0 Å². The molecule has 6 heteroatoms. The Labute approximate surface area is 186 Å². The Balaban J connectivity index is 1.70.